The van der Waals surface area contributed by atoms with E-state index < -0.39 is 0 Å². The van der Waals surface area contributed by atoms with Crippen molar-refractivity contribution in [3.63, 3.8) is 0 Å². The van der Waals surface area contributed by atoms with Gasteiger partial charge in [0.15, 0.2) is 5.82 Å². The summed E-state index contributed by atoms with van der Waals surface area (Å²) in [7, 11) is 1.42. The van der Waals surface area contributed by atoms with E-state index in [-0.39, 0.29) is 12.0 Å². The van der Waals surface area contributed by atoms with Crippen LogP contribution in [0.3, 0.4) is 0 Å². The SMILES string of the molecule is COC(=O)[C@H]1CCCN1Cc1noc(-c2ccccc2C)n1. The normalized spacial score (nSPS) is 18.5. The van der Waals surface area contributed by atoms with Crippen molar-refractivity contribution in [2.45, 2.75) is 32.4 Å². The summed E-state index contributed by atoms with van der Waals surface area (Å²) >= 11 is 0. The van der Waals surface area contributed by atoms with E-state index in [1.165, 1.54) is 7.11 Å². The maximum atomic E-state index is 11.8. The molecule has 0 bridgehead atoms. The predicted molar refractivity (Wildman–Crippen MR) is 79.9 cm³/mol. The number of esters is 1. The van der Waals surface area contributed by atoms with Crippen LogP contribution in [0.1, 0.15) is 24.2 Å². The number of aryl methyl sites for hydroxylation is 1. The summed E-state index contributed by atoms with van der Waals surface area (Å²) in [6.07, 6.45) is 1.79. The molecular formula is C16H19N3O3. The molecule has 0 radical (unpaired) electrons. The van der Waals surface area contributed by atoms with Crippen LogP contribution in [0.4, 0.5) is 0 Å². The molecule has 1 aromatic carbocycles. The van der Waals surface area contributed by atoms with E-state index in [1.807, 2.05) is 36.1 Å². The molecule has 0 amide bonds. The van der Waals surface area contributed by atoms with Gasteiger partial charge in [-0.3, -0.25) is 9.69 Å². The number of aromatic nitrogens is 2. The van der Waals surface area contributed by atoms with Gasteiger partial charge >= 0.3 is 5.97 Å². The minimum absolute atomic E-state index is 0.194. The van der Waals surface area contributed by atoms with Gasteiger partial charge in [-0.2, -0.15) is 4.98 Å². The van der Waals surface area contributed by atoms with E-state index in [2.05, 4.69) is 10.1 Å². The number of nitrogens with zero attached hydrogens (tertiary/aromatic N) is 3. The molecule has 116 valence electrons. The number of hydrogen-bond acceptors (Lipinski definition) is 6. The van der Waals surface area contributed by atoms with Gasteiger partial charge < -0.3 is 9.26 Å². The maximum absolute atomic E-state index is 11.8. The standard InChI is InChI=1S/C16H19N3O3/c1-11-6-3-4-7-12(11)15-17-14(18-22-15)10-19-9-5-8-13(19)16(20)21-2/h3-4,6-7,13H,5,8-10H2,1-2H3/t13-/m1/s1. The average Bonchev–Trinajstić information content (AvgIpc) is 3.17. The fourth-order valence-corrected chi connectivity index (χ4v) is 2.84. The van der Waals surface area contributed by atoms with E-state index in [1.54, 1.807) is 0 Å². The Bertz CT molecular complexity index is 668. The Morgan fingerprint density at radius 2 is 2.27 bits per heavy atom. The first-order chi connectivity index (χ1) is 10.7. The van der Waals surface area contributed by atoms with Crippen LogP contribution in [-0.2, 0) is 16.1 Å². The lowest BCUT2D eigenvalue weighted by atomic mass is 10.1. The number of rotatable bonds is 4. The monoisotopic (exact) mass is 301 g/mol. The van der Waals surface area contributed by atoms with Crippen molar-refractivity contribution in [2.24, 2.45) is 0 Å². The van der Waals surface area contributed by atoms with E-state index in [9.17, 15) is 4.79 Å². The Kier molecular flexibility index (Phi) is 4.20. The van der Waals surface area contributed by atoms with E-state index in [0.717, 1.165) is 30.5 Å². The van der Waals surface area contributed by atoms with Crippen molar-refractivity contribution >= 4 is 5.97 Å². The molecule has 1 aromatic heterocycles. The molecule has 1 aliphatic rings. The number of methoxy groups -OCH3 is 1. The molecule has 2 heterocycles. The number of carbonyl (C=O) groups excluding carboxylic acids is 1. The van der Waals surface area contributed by atoms with Crippen LogP contribution in [0, 0.1) is 6.92 Å². The first-order valence-electron chi connectivity index (χ1n) is 7.39. The third kappa shape index (κ3) is 2.87. The Morgan fingerprint density at radius 1 is 1.45 bits per heavy atom. The van der Waals surface area contributed by atoms with Crippen molar-refractivity contribution < 1.29 is 14.1 Å². The molecule has 0 saturated carbocycles. The lowest BCUT2D eigenvalue weighted by molar-refractivity contribution is -0.146. The first-order valence-corrected chi connectivity index (χ1v) is 7.39. The number of likely N-dealkylation sites (tertiary alicyclic amines) is 1. The predicted octanol–water partition coefficient (Wildman–Crippen LogP) is 2.18. The number of carbonyl (C=O) groups is 1. The third-order valence-electron chi connectivity index (χ3n) is 4.02. The quantitative estimate of drug-likeness (QED) is 0.806. The van der Waals surface area contributed by atoms with Gasteiger partial charge in [0.2, 0.25) is 0 Å². The molecule has 22 heavy (non-hydrogen) atoms. The minimum Gasteiger partial charge on any atom is -0.468 e. The summed E-state index contributed by atoms with van der Waals surface area (Å²) in [5.41, 5.74) is 2.03. The molecule has 0 spiro atoms. The van der Waals surface area contributed by atoms with Crippen molar-refractivity contribution in [3.05, 3.63) is 35.7 Å². The van der Waals surface area contributed by atoms with E-state index in [0.29, 0.717) is 18.3 Å². The molecule has 6 nitrogen and oxygen atoms in total. The zero-order chi connectivity index (χ0) is 15.5. The fraction of sp³-hybridized carbons (Fsp3) is 0.438. The van der Waals surface area contributed by atoms with Crippen LogP contribution < -0.4 is 0 Å². The molecule has 3 rings (SSSR count). The Morgan fingerprint density at radius 3 is 3.05 bits per heavy atom. The molecule has 0 N–H and O–H groups in total. The van der Waals surface area contributed by atoms with Gasteiger partial charge in [-0.15, -0.1) is 0 Å². The van der Waals surface area contributed by atoms with Crippen molar-refractivity contribution in [1.82, 2.24) is 15.0 Å². The van der Waals surface area contributed by atoms with Gasteiger partial charge in [0, 0.05) is 5.56 Å². The Balaban J connectivity index is 1.75. The minimum atomic E-state index is -0.203. The van der Waals surface area contributed by atoms with Crippen LogP contribution in [0.5, 0.6) is 0 Å². The molecule has 1 fully saturated rings. The molecule has 1 saturated heterocycles. The second-order valence-corrected chi connectivity index (χ2v) is 5.48. The number of hydrogen-bond donors (Lipinski definition) is 0. The van der Waals surface area contributed by atoms with Gasteiger partial charge in [0.1, 0.15) is 6.04 Å². The first kappa shape index (κ1) is 14.7. The zero-order valence-electron chi connectivity index (χ0n) is 12.8. The topological polar surface area (TPSA) is 68.5 Å². The highest BCUT2D eigenvalue weighted by Gasteiger charge is 2.32. The van der Waals surface area contributed by atoms with E-state index >= 15 is 0 Å². The largest absolute Gasteiger partial charge is 0.468 e. The lowest BCUT2D eigenvalue weighted by Gasteiger charge is -2.20. The van der Waals surface area contributed by atoms with Gasteiger partial charge in [0.25, 0.3) is 5.89 Å². The summed E-state index contributed by atoms with van der Waals surface area (Å²) < 4.78 is 10.2. The van der Waals surface area contributed by atoms with Gasteiger partial charge in [-0.05, 0) is 37.9 Å². The lowest BCUT2D eigenvalue weighted by Crippen LogP contribution is -2.36. The van der Waals surface area contributed by atoms with Crippen molar-refractivity contribution in [3.8, 4) is 11.5 Å². The Hall–Kier alpha value is -2.21. The summed E-state index contributed by atoms with van der Waals surface area (Å²) in [6, 6.07) is 7.68. The fourth-order valence-electron chi connectivity index (χ4n) is 2.84. The van der Waals surface area contributed by atoms with Crippen molar-refractivity contribution in [2.75, 3.05) is 13.7 Å². The van der Waals surface area contributed by atoms with Gasteiger partial charge in [-0.1, -0.05) is 23.4 Å². The highest BCUT2D eigenvalue weighted by Crippen LogP contribution is 2.23. The molecule has 0 aliphatic carbocycles. The Labute approximate surface area is 129 Å². The van der Waals surface area contributed by atoms with Crippen LogP contribution in [0.25, 0.3) is 11.5 Å². The molecule has 0 unspecified atom stereocenters. The highest BCUT2D eigenvalue weighted by atomic mass is 16.5. The molecule has 2 aromatic rings. The zero-order valence-corrected chi connectivity index (χ0v) is 12.8. The highest BCUT2D eigenvalue weighted by molar-refractivity contribution is 5.75. The van der Waals surface area contributed by atoms with E-state index in [4.69, 9.17) is 9.26 Å². The molecule has 1 aliphatic heterocycles. The molecule has 1 atom stereocenters. The summed E-state index contributed by atoms with van der Waals surface area (Å²) in [4.78, 5) is 18.3. The number of benzene rings is 1. The summed E-state index contributed by atoms with van der Waals surface area (Å²) in [6.45, 7) is 3.34. The van der Waals surface area contributed by atoms with Crippen LogP contribution in [0.2, 0.25) is 0 Å². The summed E-state index contributed by atoms with van der Waals surface area (Å²) in [5, 5.41) is 4.04. The van der Waals surface area contributed by atoms with Crippen LogP contribution in [0.15, 0.2) is 28.8 Å². The van der Waals surface area contributed by atoms with Crippen LogP contribution in [-0.4, -0.2) is 40.7 Å². The number of ether oxygens (including phenoxy) is 1. The van der Waals surface area contributed by atoms with Crippen LogP contribution >= 0.6 is 0 Å². The van der Waals surface area contributed by atoms with Gasteiger partial charge in [0.05, 0.1) is 13.7 Å². The van der Waals surface area contributed by atoms with Gasteiger partial charge in [-0.25, -0.2) is 0 Å². The molecule has 6 heteroatoms. The smallest absolute Gasteiger partial charge is 0.323 e. The average molecular weight is 301 g/mol. The maximum Gasteiger partial charge on any atom is 0.323 e. The van der Waals surface area contributed by atoms with Crippen molar-refractivity contribution in [1.29, 1.82) is 0 Å². The second-order valence-electron chi connectivity index (χ2n) is 5.48. The third-order valence-corrected chi connectivity index (χ3v) is 4.02. The summed E-state index contributed by atoms with van der Waals surface area (Å²) in [5.74, 6) is 0.913. The second kappa shape index (κ2) is 6.27. The molecular weight excluding hydrogens is 282 g/mol.